The van der Waals surface area contributed by atoms with E-state index in [4.69, 9.17) is 4.74 Å². The van der Waals surface area contributed by atoms with Gasteiger partial charge in [-0.25, -0.2) is 0 Å². The van der Waals surface area contributed by atoms with Gasteiger partial charge >= 0.3 is 0 Å². The molecule has 0 unspecified atom stereocenters. The molecule has 0 bridgehead atoms. The standard InChI is InChI=1S/C19H21N3O3/c1-25-15-10-8-13(9-11-15)20-12-18(23)22-17-5-3-2-4-16(17)19(24)21-14-6-7-14/h2-5,8-11,14,20H,6-7,12H2,1H3,(H,21,24)(H,22,23). The van der Waals surface area contributed by atoms with Crippen LogP contribution in [0.4, 0.5) is 11.4 Å². The number of ether oxygens (including phenoxy) is 1. The summed E-state index contributed by atoms with van der Waals surface area (Å²) in [6, 6.07) is 14.6. The summed E-state index contributed by atoms with van der Waals surface area (Å²) in [5.74, 6) is 0.384. The van der Waals surface area contributed by atoms with Crippen LogP contribution in [0.15, 0.2) is 48.5 Å². The highest BCUT2D eigenvalue weighted by Crippen LogP contribution is 2.21. The van der Waals surface area contributed by atoms with E-state index < -0.39 is 0 Å². The number of rotatable bonds is 7. The van der Waals surface area contributed by atoms with Gasteiger partial charge in [-0.3, -0.25) is 9.59 Å². The minimum Gasteiger partial charge on any atom is -0.497 e. The Labute approximate surface area is 146 Å². The molecule has 2 aromatic carbocycles. The van der Waals surface area contributed by atoms with Gasteiger partial charge in [-0.1, -0.05) is 12.1 Å². The lowest BCUT2D eigenvalue weighted by atomic mass is 10.1. The first kappa shape index (κ1) is 16.8. The van der Waals surface area contributed by atoms with Gasteiger partial charge in [0.05, 0.1) is 24.9 Å². The maximum Gasteiger partial charge on any atom is 0.253 e. The molecule has 0 atom stereocenters. The van der Waals surface area contributed by atoms with Crippen LogP contribution in [0.2, 0.25) is 0 Å². The van der Waals surface area contributed by atoms with E-state index in [2.05, 4.69) is 16.0 Å². The second kappa shape index (κ2) is 7.70. The minimum atomic E-state index is -0.220. The lowest BCUT2D eigenvalue weighted by Gasteiger charge is -2.12. The fourth-order valence-corrected chi connectivity index (χ4v) is 2.37. The van der Waals surface area contributed by atoms with E-state index in [-0.39, 0.29) is 24.4 Å². The van der Waals surface area contributed by atoms with E-state index in [1.807, 2.05) is 24.3 Å². The highest BCUT2D eigenvalue weighted by atomic mass is 16.5. The quantitative estimate of drug-likeness (QED) is 0.724. The van der Waals surface area contributed by atoms with Crippen LogP contribution in [0.25, 0.3) is 0 Å². The number of carbonyl (C=O) groups excluding carboxylic acids is 2. The maximum atomic E-state index is 12.2. The van der Waals surface area contributed by atoms with Crippen LogP contribution in [-0.4, -0.2) is 31.5 Å². The Bertz CT molecular complexity index is 755. The smallest absolute Gasteiger partial charge is 0.253 e. The normalized spacial score (nSPS) is 13.0. The molecule has 1 aliphatic rings. The van der Waals surface area contributed by atoms with Gasteiger partial charge in [0.25, 0.3) is 5.91 Å². The van der Waals surface area contributed by atoms with Crippen LogP contribution in [-0.2, 0) is 4.79 Å². The molecule has 2 aromatic rings. The number of benzene rings is 2. The Morgan fingerprint density at radius 3 is 2.48 bits per heavy atom. The molecule has 0 heterocycles. The third-order valence-electron chi connectivity index (χ3n) is 3.90. The van der Waals surface area contributed by atoms with Gasteiger partial charge in [-0.15, -0.1) is 0 Å². The maximum absolute atomic E-state index is 12.2. The molecule has 0 saturated heterocycles. The molecule has 1 saturated carbocycles. The molecule has 3 rings (SSSR count). The molecule has 0 radical (unpaired) electrons. The summed E-state index contributed by atoms with van der Waals surface area (Å²) in [7, 11) is 1.60. The van der Waals surface area contributed by atoms with Crippen molar-refractivity contribution in [2.24, 2.45) is 0 Å². The summed E-state index contributed by atoms with van der Waals surface area (Å²) >= 11 is 0. The van der Waals surface area contributed by atoms with Gasteiger partial charge in [0.2, 0.25) is 5.91 Å². The van der Waals surface area contributed by atoms with Crippen molar-refractivity contribution in [1.82, 2.24) is 5.32 Å². The van der Waals surface area contributed by atoms with Crippen LogP contribution < -0.4 is 20.7 Å². The van der Waals surface area contributed by atoms with E-state index in [9.17, 15) is 9.59 Å². The van der Waals surface area contributed by atoms with E-state index in [1.165, 1.54) is 0 Å². The number of hydrogen-bond donors (Lipinski definition) is 3. The molecule has 6 heteroatoms. The molecule has 1 aliphatic carbocycles. The molecule has 6 nitrogen and oxygen atoms in total. The SMILES string of the molecule is COc1ccc(NCC(=O)Nc2ccccc2C(=O)NC2CC2)cc1. The number of para-hydroxylation sites is 1. The van der Waals surface area contributed by atoms with Crippen molar-refractivity contribution in [1.29, 1.82) is 0 Å². The van der Waals surface area contributed by atoms with Gasteiger partial charge in [0.15, 0.2) is 0 Å². The Morgan fingerprint density at radius 1 is 1.08 bits per heavy atom. The van der Waals surface area contributed by atoms with Gasteiger partial charge in [-0.05, 0) is 49.2 Å². The van der Waals surface area contributed by atoms with Crippen LogP contribution >= 0.6 is 0 Å². The first-order valence-electron chi connectivity index (χ1n) is 8.23. The van der Waals surface area contributed by atoms with E-state index in [0.29, 0.717) is 11.3 Å². The molecular formula is C19H21N3O3. The molecule has 0 aromatic heterocycles. The number of anilines is 2. The summed E-state index contributed by atoms with van der Waals surface area (Å²) in [4.78, 5) is 24.4. The number of carbonyl (C=O) groups is 2. The second-order valence-corrected chi connectivity index (χ2v) is 5.92. The van der Waals surface area contributed by atoms with Gasteiger partial charge < -0.3 is 20.7 Å². The molecule has 0 aliphatic heterocycles. The molecule has 2 amide bonds. The topological polar surface area (TPSA) is 79.5 Å². The molecule has 0 spiro atoms. The van der Waals surface area contributed by atoms with Crippen LogP contribution in [0.5, 0.6) is 5.75 Å². The third-order valence-corrected chi connectivity index (χ3v) is 3.90. The van der Waals surface area contributed by atoms with Crippen LogP contribution in [0.3, 0.4) is 0 Å². The zero-order valence-electron chi connectivity index (χ0n) is 14.0. The predicted molar refractivity (Wildman–Crippen MR) is 97.0 cm³/mol. The molecule has 3 N–H and O–H groups in total. The summed E-state index contributed by atoms with van der Waals surface area (Å²) in [5, 5.41) is 8.76. The van der Waals surface area contributed by atoms with Crippen molar-refractivity contribution in [3.05, 3.63) is 54.1 Å². The predicted octanol–water partition coefficient (Wildman–Crippen LogP) is 2.64. The fourth-order valence-electron chi connectivity index (χ4n) is 2.37. The van der Waals surface area contributed by atoms with E-state index >= 15 is 0 Å². The zero-order valence-corrected chi connectivity index (χ0v) is 14.0. The van der Waals surface area contributed by atoms with Gasteiger partial charge in [0, 0.05) is 11.7 Å². The summed E-state index contributed by atoms with van der Waals surface area (Å²) in [6.07, 6.45) is 2.04. The monoisotopic (exact) mass is 339 g/mol. The fraction of sp³-hybridized carbons (Fsp3) is 0.263. The number of hydrogen-bond acceptors (Lipinski definition) is 4. The Balaban J connectivity index is 1.57. The lowest BCUT2D eigenvalue weighted by molar-refractivity contribution is -0.114. The largest absolute Gasteiger partial charge is 0.497 e. The first-order valence-corrected chi connectivity index (χ1v) is 8.23. The molecule has 25 heavy (non-hydrogen) atoms. The molecular weight excluding hydrogens is 318 g/mol. The van der Waals surface area contributed by atoms with Crippen molar-refractivity contribution in [3.8, 4) is 5.75 Å². The molecule has 1 fully saturated rings. The highest BCUT2D eigenvalue weighted by molar-refractivity contribution is 6.04. The van der Waals surface area contributed by atoms with Crippen molar-refractivity contribution >= 4 is 23.2 Å². The van der Waals surface area contributed by atoms with Crippen molar-refractivity contribution in [2.75, 3.05) is 24.3 Å². The lowest BCUT2D eigenvalue weighted by Crippen LogP contribution is -2.28. The van der Waals surface area contributed by atoms with E-state index in [1.54, 1.807) is 31.4 Å². The van der Waals surface area contributed by atoms with Crippen molar-refractivity contribution in [2.45, 2.75) is 18.9 Å². The average molecular weight is 339 g/mol. The third kappa shape index (κ3) is 4.73. The summed E-state index contributed by atoms with van der Waals surface area (Å²) < 4.78 is 5.10. The minimum absolute atomic E-state index is 0.102. The summed E-state index contributed by atoms with van der Waals surface area (Å²) in [6.45, 7) is 0.102. The molecule has 130 valence electrons. The number of amides is 2. The van der Waals surface area contributed by atoms with E-state index in [0.717, 1.165) is 24.3 Å². The average Bonchev–Trinajstić information content (AvgIpc) is 3.45. The number of methoxy groups -OCH3 is 1. The Kier molecular flexibility index (Phi) is 5.18. The first-order chi connectivity index (χ1) is 12.2. The Hall–Kier alpha value is -3.02. The van der Waals surface area contributed by atoms with Crippen molar-refractivity contribution in [3.63, 3.8) is 0 Å². The second-order valence-electron chi connectivity index (χ2n) is 5.92. The van der Waals surface area contributed by atoms with Gasteiger partial charge in [0.1, 0.15) is 5.75 Å². The summed E-state index contributed by atoms with van der Waals surface area (Å²) in [5.41, 5.74) is 1.81. The van der Waals surface area contributed by atoms with Gasteiger partial charge in [-0.2, -0.15) is 0 Å². The Morgan fingerprint density at radius 2 is 1.80 bits per heavy atom. The highest BCUT2D eigenvalue weighted by Gasteiger charge is 2.24. The van der Waals surface area contributed by atoms with Crippen molar-refractivity contribution < 1.29 is 14.3 Å². The van der Waals surface area contributed by atoms with Crippen LogP contribution in [0, 0.1) is 0 Å². The van der Waals surface area contributed by atoms with Crippen LogP contribution in [0.1, 0.15) is 23.2 Å². The number of nitrogens with one attached hydrogen (secondary N) is 3. The zero-order chi connectivity index (χ0) is 17.6.